The Kier molecular flexibility index (Phi) is 2.32. The standard InChI is InChI=1S/C9H11N7O/c17-9(11-6-1-2-6)5-10-7-3-4-8-12-14-15-16(8)13-7/h3-4,6H,1-2,5H2,(H,10,13)(H,11,17). The van der Waals surface area contributed by atoms with Crippen molar-refractivity contribution in [2.24, 2.45) is 0 Å². The van der Waals surface area contributed by atoms with Crippen LogP contribution in [-0.4, -0.2) is 43.7 Å². The molecule has 0 atom stereocenters. The monoisotopic (exact) mass is 233 g/mol. The number of nitrogens with zero attached hydrogens (tertiary/aromatic N) is 5. The van der Waals surface area contributed by atoms with Crippen LogP contribution in [0.1, 0.15) is 12.8 Å². The van der Waals surface area contributed by atoms with Gasteiger partial charge >= 0.3 is 0 Å². The first-order valence-electron chi connectivity index (χ1n) is 5.40. The lowest BCUT2D eigenvalue weighted by molar-refractivity contribution is -0.119. The van der Waals surface area contributed by atoms with Gasteiger partial charge in [-0.2, -0.15) is 0 Å². The summed E-state index contributed by atoms with van der Waals surface area (Å²) in [6.45, 7) is 0.205. The summed E-state index contributed by atoms with van der Waals surface area (Å²) in [6, 6.07) is 3.84. The average Bonchev–Trinajstić information content (AvgIpc) is 3.01. The molecule has 0 aliphatic heterocycles. The summed E-state index contributed by atoms with van der Waals surface area (Å²) in [5.41, 5.74) is 0.568. The smallest absolute Gasteiger partial charge is 0.239 e. The average molecular weight is 233 g/mol. The molecule has 0 saturated heterocycles. The molecule has 1 fully saturated rings. The predicted molar refractivity (Wildman–Crippen MR) is 58.2 cm³/mol. The maximum absolute atomic E-state index is 11.4. The Labute approximate surface area is 96.4 Å². The van der Waals surface area contributed by atoms with E-state index >= 15 is 0 Å². The van der Waals surface area contributed by atoms with Gasteiger partial charge in [0.05, 0.1) is 6.54 Å². The minimum Gasteiger partial charge on any atom is -0.360 e. The van der Waals surface area contributed by atoms with Crippen molar-refractivity contribution in [2.45, 2.75) is 18.9 Å². The molecular formula is C9H11N7O. The Morgan fingerprint density at radius 3 is 3.18 bits per heavy atom. The quantitative estimate of drug-likeness (QED) is 0.718. The Balaban J connectivity index is 1.61. The summed E-state index contributed by atoms with van der Waals surface area (Å²) in [7, 11) is 0. The van der Waals surface area contributed by atoms with Crippen LogP contribution in [0.4, 0.5) is 5.82 Å². The minimum atomic E-state index is -0.0221. The number of fused-ring (bicyclic) bond motifs is 1. The fourth-order valence-electron chi connectivity index (χ4n) is 1.42. The van der Waals surface area contributed by atoms with E-state index in [1.165, 1.54) is 4.63 Å². The zero-order valence-electron chi connectivity index (χ0n) is 9.00. The molecule has 17 heavy (non-hydrogen) atoms. The SMILES string of the molecule is O=C(CNc1ccc2nnnn2n1)NC1CC1. The number of aromatic nitrogens is 5. The van der Waals surface area contributed by atoms with E-state index in [0.29, 0.717) is 17.5 Å². The molecule has 8 heteroatoms. The molecule has 0 aromatic carbocycles. The van der Waals surface area contributed by atoms with Gasteiger partial charge in [0.1, 0.15) is 5.82 Å². The van der Waals surface area contributed by atoms with E-state index in [2.05, 4.69) is 31.3 Å². The van der Waals surface area contributed by atoms with E-state index in [1.807, 2.05) is 0 Å². The lowest BCUT2D eigenvalue weighted by Gasteiger charge is -2.05. The van der Waals surface area contributed by atoms with Crippen molar-refractivity contribution in [1.29, 1.82) is 0 Å². The predicted octanol–water partition coefficient (Wildman–Crippen LogP) is -0.790. The zero-order valence-corrected chi connectivity index (χ0v) is 9.00. The van der Waals surface area contributed by atoms with Crippen LogP contribution in [0.2, 0.25) is 0 Å². The van der Waals surface area contributed by atoms with Gasteiger partial charge in [-0.15, -0.1) is 14.8 Å². The number of carbonyl (C=O) groups is 1. The van der Waals surface area contributed by atoms with E-state index in [9.17, 15) is 4.79 Å². The zero-order chi connectivity index (χ0) is 11.7. The van der Waals surface area contributed by atoms with Crippen LogP contribution in [0.25, 0.3) is 5.65 Å². The Hall–Kier alpha value is -2.25. The van der Waals surface area contributed by atoms with Gasteiger partial charge in [0.2, 0.25) is 5.91 Å². The summed E-state index contributed by atoms with van der Waals surface area (Å²) < 4.78 is 1.31. The molecule has 1 aliphatic carbocycles. The molecular weight excluding hydrogens is 222 g/mol. The molecule has 2 aromatic rings. The van der Waals surface area contributed by atoms with Gasteiger partial charge in [0, 0.05) is 6.04 Å². The molecule has 0 bridgehead atoms. The van der Waals surface area contributed by atoms with Gasteiger partial charge in [-0.3, -0.25) is 4.79 Å². The van der Waals surface area contributed by atoms with Gasteiger partial charge in [-0.1, -0.05) is 0 Å². The van der Waals surface area contributed by atoms with Gasteiger partial charge < -0.3 is 10.6 Å². The maximum Gasteiger partial charge on any atom is 0.239 e. The third kappa shape index (κ3) is 2.30. The summed E-state index contributed by atoms with van der Waals surface area (Å²) >= 11 is 0. The highest BCUT2D eigenvalue weighted by Gasteiger charge is 2.22. The Bertz CT molecular complexity index is 547. The molecule has 0 spiro atoms. The van der Waals surface area contributed by atoms with Gasteiger partial charge in [0.15, 0.2) is 5.65 Å². The van der Waals surface area contributed by atoms with Crippen LogP contribution in [0.5, 0.6) is 0 Å². The van der Waals surface area contributed by atoms with Crippen molar-refractivity contribution >= 4 is 17.4 Å². The molecule has 0 unspecified atom stereocenters. The second-order valence-corrected chi connectivity index (χ2v) is 3.94. The number of rotatable bonds is 4. The number of hydrogen-bond acceptors (Lipinski definition) is 6. The molecule has 88 valence electrons. The Morgan fingerprint density at radius 1 is 1.47 bits per heavy atom. The summed E-state index contributed by atoms with van der Waals surface area (Å²) in [5.74, 6) is 0.543. The third-order valence-corrected chi connectivity index (χ3v) is 2.44. The molecule has 2 N–H and O–H groups in total. The van der Waals surface area contributed by atoms with Crippen LogP contribution >= 0.6 is 0 Å². The lowest BCUT2D eigenvalue weighted by Crippen LogP contribution is -2.31. The van der Waals surface area contributed by atoms with Crippen LogP contribution in [0.3, 0.4) is 0 Å². The lowest BCUT2D eigenvalue weighted by atomic mass is 10.5. The highest BCUT2D eigenvalue weighted by molar-refractivity contribution is 5.80. The molecule has 1 amide bonds. The van der Waals surface area contributed by atoms with Crippen molar-refractivity contribution in [3.05, 3.63) is 12.1 Å². The molecule has 8 nitrogen and oxygen atoms in total. The largest absolute Gasteiger partial charge is 0.360 e. The summed E-state index contributed by atoms with van der Waals surface area (Å²) in [4.78, 5) is 11.4. The summed E-state index contributed by atoms with van der Waals surface area (Å²) in [6.07, 6.45) is 2.17. The first-order valence-corrected chi connectivity index (χ1v) is 5.40. The van der Waals surface area contributed by atoms with E-state index in [1.54, 1.807) is 12.1 Å². The molecule has 2 heterocycles. The van der Waals surface area contributed by atoms with Crippen molar-refractivity contribution in [3.8, 4) is 0 Å². The summed E-state index contributed by atoms with van der Waals surface area (Å²) in [5, 5.41) is 20.8. The number of tetrazole rings is 1. The Morgan fingerprint density at radius 2 is 2.35 bits per heavy atom. The highest BCUT2D eigenvalue weighted by atomic mass is 16.2. The van der Waals surface area contributed by atoms with E-state index in [-0.39, 0.29) is 12.5 Å². The second kappa shape index (κ2) is 3.96. The van der Waals surface area contributed by atoms with Crippen LogP contribution < -0.4 is 10.6 Å². The topological polar surface area (TPSA) is 97.1 Å². The second-order valence-electron chi connectivity index (χ2n) is 3.94. The minimum absolute atomic E-state index is 0.0221. The maximum atomic E-state index is 11.4. The van der Waals surface area contributed by atoms with Crippen molar-refractivity contribution in [3.63, 3.8) is 0 Å². The van der Waals surface area contributed by atoms with Gasteiger partial charge in [-0.05, 0) is 35.4 Å². The molecule has 3 rings (SSSR count). The van der Waals surface area contributed by atoms with Crippen LogP contribution in [-0.2, 0) is 4.79 Å². The molecule has 1 saturated carbocycles. The van der Waals surface area contributed by atoms with E-state index in [0.717, 1.165) is 12.8 Å². The fraction of sp³-hybridized carbons (Fsp3) is 0.444. The number of anilines is 1. The van der Waals surface area contributed by atoms with E-state index in [4.69, 9.17) is 0 Å². The highest BCUT2D eigenvalue weighted by Crippen LogP contribution is 2.18. The van der Waals surface area contributed by atoms with Gasteiger partial charge in [0.25, 0.3) is 0 Å². The first kappa shape index (κ1) is 9.94. The molecule has 2 aromatic heterocycles. The number of hydrogen-bond donors (Lipinski definition) is 2. The van der Waals surface area contributed by atoms with Crippen molar-refractivity contribution in [1.82, 2.24) is 30.6 Å². The number of nitrogens with one attached hydrogen (secondary N) is 2. The molecule has 1 aliphatic rings. The number of amides is 1. The molecule has 0 radical (unpaired) electrons. The normalized spacial score (nSPS) is 14.8. The van der Waals surface area contributed by atoms with Crippen LogP contribution in [0, 0.1) is 0 Å². The van der Waals surface area contributed by atoms with E-state index < -0.39 is 0 Å². The van der Waals surface area contributed by atoms with Crippen LogP contribution in [0.15, 0.2) is 12.1 Å². The number of carbonyl (C=O) groups excluding carboxylic acids is 1. The van der Waals surface area contributed by atoms with Crippen molar-refractivity contribution in [2.75, 3.05) is 11.9 Å². The third-order valence-electron chi connectivity index (χ3n) is 2.44. The van der Waals surface area contributed by atoms with Crippen molar-refractivity contribution < 1.29 is 4.79 Å². The first-order chi connectivity index (χ1) is 8.31. The fourth-order valence-corrected chi connectivity index (χ4v) is 1.42. The van der Waals surface area contributed by atoms with Gasteiger partial charge in [-0.25, -0.2) is 0 Å².